The van der Waals surface area contributed by atoms with Crippen molar-refractivity contribution < 1.29 is 22.0 Å². The molecule has 14 heavy (non-hydrogen) atoms. The SMILES string of the molecule is Cn1nnc(C(F)(F)C(F)(F)F)c1Br. The molecule has 0 bridgehead atoms. The molecule has 0 aliphatic rings. The maximum absolute atomic E-state index is 12.7. The molecular formula is C5H3BrF5N3. The van der Waals surface area contributed by atoms with Crippen LogP contribution in [0.3, 0.4) is 0 Å². The van der Waals surface area contributed by atoms with Crippen LogP contribution in [0.4, 0.5) is 22.0 Å². The third-order valence-electron chi connectivity index (χ3n) is 1.41. The van der Waals surface area contributed by atoms with Crippen molar-refractivity contribution in [2.24, 2.45) is 7.05 Å². The van der Waals surface area contributed by atoms with Gasteiger partial charge in [0.25, 0.3) is 0 Å². The molecule has 1 aromatic rings. The molecule has 0 aliphatic heterocycles. The lowest BCUT2D eigenvalue weighted by atomic mass is 10.2. The van der Waals surface area contributed by atoms with E-state index in [1.165, 1.54) is 7.05 Å². The summed E-state index contributed by atoms with van der Waals surface area (Å²) in [7, 11) is 1.19. The molecule has 9 heteroatoms. The summed E-state index contributed by atoms with van der Waals surface area (Å²) in [6.07, 6.45) is -5.68. The number of halogens is 6. The summed E-state index contributed by atoms with van der Waals surface area (Å²) in [5, 5.41) is 5.79. The topological polar surface area (TPSA) is 30.7 Å². The Hall–Kier alpha value is -0.730. The Kier molecular flexibility index (Phi) is 2.55. The molecule has 0 aromatic carbocycles. The zero-order valence-corrected chi connectivity index (χ0v) is 8.20. The third-order valence-corrected chi connectivity index (χ3v) is 2.30. The maximum atomic E-state index is 12.7. The summed E-state index contributed by atoms with van der Waals surface area (Å²) in [6, 6.07) is 0. The smallest absolute Gasteiger partial charge is 0.241 e. The molecule has 1 aromatic heterocycles. The van der Waals surface area contributed by atoms with Gasteiger partial charge in [-0.05, 0) is 15.9 Å². The lowest BCUT2D eigenvalue weighted by Crippen LogP contribution is -2.34. The van der Waals surface area contributed by atoms with Gasteiger partial charge in [-0.15, -0.1) is 5.10 Å². The first kappa shape index (κ1) is 11.3. The molecular weight excluding hydrogens is 277 g/mol. The molecule has 0 atom stereocenters. The molecule has 0 saturated heterocycles. The van der Waals surface area contributed by atoms with Gasteiger partial charge in [0.05, 0.1) is 0 Å². The highest BCUT2D eigenvalue weighted by molar-refractivity contribution is 9.10. The molecule has 0 radical (unpaired) electrons. The van der Waals surface area contributed by atoms with Crippen molar-refractivity contribution in [3.05, 3.63) is 10.3 Å². The number of aromatic nitrogens is 3. The van der Waals surface area contributed by atoms with Crippen molar-refractivity contribution in [2.45, 2.75) is 12.1 Å². The van der Waals surface area contributed by atoms with Crippen molar-refractivity contribution in [3.8, 4) is 0 Å². The molecule has 0 N–H and O–H groups in total. The van der Waals surface area contributed by atoms with E-state index in [4.69, 9.17) is 0 Å². The predicted molar refractivity (Wildman–Crippen MR) is 38.7 cm³/mol. The molecule has 0 aliphatic carbocycles. The van der Waals surface area contributed by atoms with Gasteiger partial charge in [-0.25, -0.2) is 4.68 Å². The second-order valence-electron chi connectivity index (χ2n) is 2.42. The summed E-state index contributed by atoms with van der Waals surface area (Å²) >= 11 is 2.54. The zero-order valence-electron chi connectivity index (χ0n) is 6.61. The standard InChI is InChI=1S/C5H3BrF5N3/c1-14-3(6)2(12-13-14)4(7,8)5(9,10)11/h1H3. The van der Waals surface area contributed by atoms with Crippen molar-refractivity contribution in [1.29, 1.82) is 0 Å². The molecule has 0 unspecified atom stereocenters. The normalized spacial score (nSPS) is 13.4. The van der Waals surface area contributed by atoms with Gasteiger partial charge >= 0.3 is 12.1 Å². The Morgan fingerprint density at radius 3 is 2.00 bits per heavy atom. The van der Waals surface area contributed by atoms with Gasteiger partial charge in [0.15, 0.2) is 5.69 Å². The lowest BCUT2D eigenvalue weighted by Gasteiger charge is -2.16. The van der Waals surface area contributed by atoms with Gasteiger partial charge in [0.2, 0.25) is 0 Å². The summed E-state index contributed by atoms with van der Waals surface area (Å²) in [5.41, 5.74) is -1.44. The van der Waals surface area contributed by atoms with E-state index < -0.39 is 22.4 Å². The number of hydrogen-bond acceptors (Lipinski definition) is 2. The molecule has 0 saturated carbocycles. The van der Waals surface area contributed by atoms with Crippen LogP contribution in [0.15, 0.2) is 4.60 Å². The van der Waals surface area contributed by atoms with E-state index in [1.807, 2.05) is 0 Å². The van der Waals surface area contributed by atoms with Gasteiger partial charge < -0.3 is 0 Å². The predicted octanol–water partition coefficient (Wildman–Crippen LogP) is 2.23. The van der Waals surface area contributed by atoms with Crippen molar-refractivity contribution in [1.82, 2.24) is 15.0 Å². The quantitative estimate of drug-likeness (QED) is 0.738. The highest BCUT2D eigenvalue weighted by atomic mass is 79.9. The fraction of sp³-hybridized carbons (Fsp3) is 0.600. The second kappa shape index (κ2) is 3.14. The summed E-state index contributed by atoms with van der Waals surface area (Å²) in [6.45, 7) is 0. The third kappa shape index (κ3) is 1.60. The Balaban J connectivity index is 3.23. The number of rotatable bonds is 1. The fourth-order valence-electron chi connectivity index (χ4n) is 0.672. The van der Waals surface area contributed by atoms with Gasteiger partial charge in [-0.3, -0.25) is 0 Å². The van der Waals surface area contributed by atoms with Gasteiger partial charge in [0.1, 0.15) is 4.60 Å². The molecule has 0 spiro atoms. The monoisotopic (exact) mass is 279 g/mol. The highest BCUT2D eigenvalue weighted by Gasteiger charge is 2.61. The Morgan fingerprint density at radius 1 is 1.21 bits per heavy atom. The van der Waals surface area contributed by atoms with Crippen LogP contribution in [0.5, 0.6) is 0 Å². The average molecular weight is 280 g/mol. The van der Waals surface area contributed by atoms with Gasteiger partial charge in [-0.1, -0.05) is 5.21 Å². The number of hydrogen-bond donors (Lipinski definition) is 0. The molecule has 3 nitrogen and oxygen atoms in total. The second-order valence-corrected chi connectivity index (χ2v) is 3.18. The van der Waals surface area contributed by atoms with Crippen LogP contribution in [-0.2, 0) is 13.0 Å². The highest BCUT2D eigenvalue weighted by Crippen LogP contribution is 2.44. The molecule has 0 fully saturated rings. The van der Waals surface area contributed by atoms with Crippen LogP contribution in [0.25, 0.3) is 0 Å². The number of aryl methyl sites for hydroxylation is 1. The van der Waals surface area contributed by atoms with Crippen molar-refractivity contribution >= 4 is 15.9 Å². The lowest BCUT2D eigenvalue weighted by molar-refractivity contribution is -0.291. The van der Waals surface area contributed by atoms with Gasteiger partial charge in [0, 0.05) is 7.05 Å². The fourth-order valence-corrected chi connectivity index (χ4v) is 1.07. The number of nitrogens with zero attached hydrogens (tertiary/aromatic N) is 3. The van der Waals surface area contributed by atoms with Gasteiger partial charge in [-0.2, -0.15) is 22.0 Å². The number of alkyl halides is 5. The van der Waals surface area contributed by atoms with Crippen LogP contribution in [0.1, 0.15) is 5.69 Å². The van der Waals surface area contributed by atoms with Crippen LogP contribution in [-0.4, -0.2) is 21.2 Å². The summed E-state index contributed by atoms with van der Waals surface area (Å²) in [4.78, 5) is 0. The zero-order chi connectivity index (χ0) is 11.1. The maximum Gasteiger partial charge on any atom is 0.459 e. The Bertz CT molecular complexity index is 344. The first-order valence-corrected chi connectivity index (χ1v) is 3.97. The van der Waals surface area contributed by atoms with Crippen LogP contribution in [0, 0.1) is 0 Å². The van der Waals surface area contributed by atoms with E-state index in [0.717, 1.165) is 4.68 Å². The minimum Gasteiger partial charge on any atom is -0.241 e. The van der Waals surface area contributed by atoms with E-state index in [-0.39, 0.29) is 0 Å². The Morgan fingerprint density at radius 2 is 1.71 bits per heavy atom. The molecule has 0 amide bonds. The van der Waals surface area contributed by atoms with Crippen molar-refractivity contribution in [3.63, 3.8) is 0 Å². The van der Waals surface area contributed by atoms with E-state index in [1.54, 1.807) is 0 Å². The Labute approximate surface area is 83.0 Å². The summed E-state index contributed by atoms with van der Waals surface area (Å²) < 4.78 is 61.2. The van der Waals surface area contributed by atoms with Crippen LogP contribution in [0.2, 0.25) is 0 Å². The molecule has 80 valence electrons. The molecule has 1 heterocycles. The van der Waals surface area contributed by atoms with E-state index in [2.05, 4.69) is 26.2 Å². The minimum atomic E-state index is -5.68. The molecule has 1 rings (SSSR count). The van der Waals surface area contributed by atoms with Crippen LogP contribution < -0.4 is 0 Å². The van der Waals surface area contributed by atoms with E-state index in [9.17, 15) is 22.0 Å². The van der Waals surface area contributed by atoms with Crippen LogP contribution >= 0.6 is 15.9 Å². The minimum absolute atomic E-state index is 0.500. The van der Waals surface area contributed by atoms with E-state index >= 15 is 0 Å². The summed E-state index contributed by atoms with van der Waals surface area (Å²) in [5.74, 6) is -5.00. The first-order chi connectivity index (χ1) is 6.18. The first-order valence-electron chi connectivity index (χ1n) is 3.18. The van der Waals surface area contributed by atoms with E-state index in [0.29, 0.717) is 0 Å². The van der Waals surface area contributed by atoms with Crippen molar-refractivity contribution in [2.75, 3.05) is 0 Å². The average Bonchev–Trinajstić information content (AvgIpc) is 2.30. The largest absolute Gasteiger partial charge is 0.459 e.